The molecule has 1 aromatic heterocycles. The largest absolute Gasteiger partial charge is 0.395 e. The van der Waals surface area contributed by atoms with Crippen LogP contribution in [0.25, 0.3) is 0 Å². The van der Waals surface area contributed by atoms with Crippen LogP contribution in [0.5, 0.6) is 0 Å². The summed E-state index contributed by atoms with van der Waals surface area (Å²) in [5.74, 6) is 0. The summed E-state index contributed by atoms with van der Waals surface area (Å²) in [6.07, 6.45) is 1.63. The summed E-state index contributed by atoms with van der Waals surface area (Å²) in [5.41, 5.74) is 1.58. The Hall–Kier alpha value is -1.92. The van der Waals surface area contributed by atoms with E-state index in [9.17, 15) is 9.90 Å². The van der Waals surface area contributed by atoms with Crippen LogP contribution in [0.15, 0.2) is 30.3 Å². The van der Waals surface area contributed by atoms with Crippen LogP contribution < -0.4 is 5.32 Å². The van der Waals surface area contributed by atoms with E-state index in [1.807, 2.05) is 37.3 Å². The monoisotopic (exact) mass is 345 g/mol. The topological polar surface area (TPSA) is 65.5 Å². The highest BCUT2D eigenvalue weighted by Crippen LogP contribution is 2.35. The average molecular weight is 345 g/mol. The second-order valence-electron chi connectivity index (χ2n) is 6.28. The Bertz CT molecular complexity index is 716. The molecule has 1 unspecified atom stereocenters. The van der Waals surface area contributed by atoms with Gasteiger partial charge in [0.2, 0.25) is 0 Å². The lowest BCUT2D eigenvalue weighted by molar-refractivity contribution is 0.188. The first-order chi connectivity index (χ1) is 11.6. The number of carbonyl (C=O) groups is 1. The van der Waals surface area contributed by atoms with E-state index >= 15 is 0 Å². The molecule has 0 saturated carbocycles. The predicted octanol–water partition coefficient (Wildman–Crippen LogP) is 3.18. The zero-order valence-corrected chi connectivity index (χ0v) is 14.9. The molecule has 2 heterocycles. The molecule has 2 N–H and O–H groups in total. The van der Waals surface area contributed by atoms with E-state index < -0.39 is 0 Å². The van der Waals surface area contributed by atoms with Crippen LogP contribution in [0.1, 0.15) is 29.6 Å². The van der Waals surface area contributed by atoms with Crippen molar-refractivity contribution in [2.24, 2.45) is 0 Å². The molecular formula is C18H23N3O2S. The number of urea groups is 1. The number of carbonyl (C=O) groups excluding carboxylic acids is 1. The summed E-state index contributed by atoms with van der Waals surface area (Å²) in [4.78, 5) is 18.8. The third-order valence-corrected chi connectivity index (χ3v) is 5.91. The van der Waals surface area contributed by atoms with Crippen molar-refractivity contribution >= 4 is 22.4 Å². The Morgan fingerprint density at radius 3 is 2.79 bits per heavy atom. The van der Waals surface area contributed by atoms with Gasteiger partial charge in [0.25, 0.3) is 0 Å². The van der Waals surface area contributed by atoms with Gasteiger partial charge in [0.1, 0.15) is 5.00 Å². The number of amides is 2. The summed E-state index contributed by atoms with van der Waals surface area (Å²) in [6, 6.07) is 9.85. The lowest BCUT2D eigenvalue weighted by atomic mass is 9.80. The van der Waals surface area contributed by atoms with E-state index in [2.05, 4.69) is 17.2 Å². The molecule has 0 spiro atoms. The van der Waals surface area contributed by atoms with Crippen LogP contribution in [-0.4, -0.2) is 40.7 Å². The standard InChI is InChI=1S/C18H23N3O2S/c1-3-15-19-13(2)16(24-15)20-17(23)21-10-9-18(11-21,12-22)14-7-5-4-6-8-14/h4-8,22H,3,9-12H2,1-2H3,(H,20,23). The van der Waals surface area contributed by atoms with Crippen molar-refractivity contribution < 1.29 is 9.90 Å². The van der Waals surface area contributed by atoms with Gasteiger partial charge in [0.15, 0.2) is 0 Å². The third-order valence-electron chi connectivity index (χ3n) is 4.69. The molecule has 3 rings (SSSR count). The maximum absolute atomic E-state index is 12.6. The van der Waals surface area contributed by atoms with Gasteiger partial charge in [0, 0.05) is 18.5 Å². The number of anilines is 1. The summed E-state index contributed by atoms with van der Waals surface area (Å²) >= 11 is 1.53. The molecule has 1 fully saturated rings. The lowest BCUT2D eigenvalue weighted by Crippen LogP contribution is -2.38. The second-order valence-corrected chi connectivity index (χ2v) is 7.37. The molecule has 1 aromatic carbocycles. The van der Waals surface area contributed by atoms with Crippen molar-refractivity contribution in [3.63, 3.8) is 0 Å². The van der Waals surface area contributed by atoms with Crippen LogP contribution in [-0.2, 0) is 11.8 Å². The molecule has 6 heteroatoms. The molecule has 1 atom stereocenters. The lowest BCUT2D eigenvalue weighted by Gasteiger charge is -2.27. The fourth-order valence-corrected chi connectivity index (χ4v) is 4.08. The first kappa shape index (κ1) is 16.9. The summed E-state index contributed by atoms with van der Waals surface area (Å²) in [5, 5.41) is 14.8. The Kier molecular flexibility index (Phi) is 4.87. The molecule has 0 bridgehead atoms. The number of rotatable bonds is 4. The smallest absolute Gasteiger partial charge is 0.322 e. The minimum Gasteiger partial charge on any atom is -0.395 e. The number of likely N-dealkylation sites (tertiary alicyclic amines) is 1. The number of aromatic nitrogens is 1. The molecule has 5 nitrogen and oxygen atoms in total. The Balaban J connectivity index is 1.72. The number of nitrogens with one attached hydrogen (secondary N) is 1. The molecule has 0 radical (unpaired) electrons. The van der Waals surface area contributed by atoms with Gasteiger partial charge in [-0.15, -0.1) is 11.3 Å². The molecule has 1 saturated heterocycles. The Morgan fingerprint density at radius 2 is 2.17 bits per heavy atom. The molecule has 0 aliphatic carbocycles. The predicted molar refractivity (Wildman–Crippen MR) is 96.6 cm³/mol. The Morgan fingerprint density at radius 1 is 1.42 bits per heavy atom. The van der Waals surface area contributed by atoms with Crippen molar-refractivity contribution in [3.05, 3.63) is 46.6 Å². The van der Waals surface area contributed by atoms with E-state index in [0.29, 0.717) is 13.1 Å². The number of thiazole rings is 1. The van der Waals surface area contributed by atoms with Gasteiger partial charge < -0.3 is 10.0 Å². The van der Waals surface area contributed by atoms with Gasteiger partial charge in [-0.1, -0.05) is 37.3 Å². The van der Waals surface area contributed by atoms with Gasteiger partial charge in [0.05, 0.1) is 17.3 Å². The number of aliphatic hydroxyl groups excluding tert-OH is 1. The van der Waals surface area contributed by atoms with Gasteiger partial charge >= 0.3 is 6.03 Å². The van der Waals surface area contributed by atoms with Crippen LogP contribution >= 0.6 is 11.3 Å². The summed E-state index contributed by atoms with van der Waals surface area (Å²) in [7, 11) is 0. The maximum atomic E-state index is 12.6. The van der Waals surface area contributed by atoms with Gasteiger partial charge in [-0.3, -0.25) is 5.32 Å². The average Bonchev–Trinajstić information content (AvgIpc) is 3.21. The Labute approximate surface area is 146 Å². The van der Waals surface area contributed by atoms with Crippen molar-refractivity contribution in [2.75, 3.05) is 25.0 Å². The highest BCUT2D eigenvalue weighted by molar-refractivity contribution is 7.16. The van der Waals surface area contributed by atoms with Gasteiger partial charge in [-0.25, -0.2) is 9.78 Å². The number of aliphatic hydroxyl groups is 1. The number of nitrogens with zero attached hydrogens (tertiary/aromatic N) is 2. The SMILES string of the molecule is CCc1nc(C)c(NC(=O)N2CCC(CO)(c3ccccc3)C2)s1. The minimum atomic E-state index is -0.365. The van der Waals surface area contributed by atoms with Crippen LogP contribution in [0, 0.1) is 6.92 Å². The van der Waals surface area contributed by atoms with Crippen LogP contribution in [0.4, 0.5) is 9.80 Å². The molecular weight excluding hydrogens is 322 g/mol. The quantitative estimate of drug-likeness (QED) is 0.894. The highest BCUT2D eigenvalue weighted by atomic mass is 32.1. The van der Waals surface area contributed by atoms with Gasteiger partial charge in [-0.2, -0.15) is 0 Å². The second kappa shape index (κ2) is 6.91. The van der Waals surface area contributed by atoms with Crippen molar-refractivity contribution in [1.82, 2.24) is 9.88 Å². The van der Waals surface area contributed by atoms with E-state index in [-0.39, 0.29) is 18.1 Å². The number of aryl methyl sites for hydroxylation is 2. The molecule has 24 heavy (non-hydrogen) atoms. The summed E-state index contributed by atoms with van der Waals surface area (Å²) in [6.45, 7) is 5.18. The van der Waals surface area contributed by atoms with Crippen molar-refractivity contribution in [1.29, 1.82) is 0 Å². The highest BCUT2D eigenvalue weighted by Gasteiger charge is 2.41. The first-order valence-corrected chi connectivity index (χ1v) is 9.08. The number of hydrogen-bond acceptors (Lipinski definition) is 4. The third kappa shape index (κ3) is 3.16. The van der Waals surface area contributed by atoms with Crippen molar-refractivity contribution in [2.45, 2.75) is 32.1 Å². The van der Waals surface area contributed by atoms with E-state index in [0.717, 1.165) is 34.1 Å². The fraction of sp³-hybridized carbons (Fsp3) is 0.444. The van der Waals surface area contributed by atoms with Gasteiger partial charge in [-0.05, 0) is 25.3 Å². The molecule has 1 aliphatic rings. The molecule has 128 valence electrons. The van der Waals surface area contributed by atoms with E-state index in [1.54, 1.807) is 4.90 Å². The maximum Gasteiger partial charge on any atom is 0.322 e. The van der Waals surface area contributed by atoms with Crippen molar-refractivity contribution in [3.8, 4) is 0 Å². The van der Waals surface area contributed by atoms with E-state index in [4.69, 9.17) is 0 Å². The molecule has 1 aliphatic heterocycles. The number of benzene rings is 1. The van der Waals surface area contributed by atoms with Crippen LogP contribution in [0.2, 0.25) is 0 Å². The zero-order valence-electron chi connectivity index (χ0n) is 14.1. The van der Waals surface area contributed by atoms with Crippen LogP contribution in [0.3, 0.4) is 0 Å². The summed E-state index contributed by atoms with van der Waals surface area (Å²) < 4.78 is 0. The zero-order chi connectivity index (χ0) is 17.2. The first-order valence-electron chi connectivity index (χ1n) is 8.26. The minimum absolute atomic E-state index is 0.0420. The normalized spacial score (nSPS) is 20.4. The van der Waals surface area contributed by atoms with E-state index in [1.165, 1.54) is 11.3 Å². The fourth-order valence-electron chi connectivity index (χ4n) is 3.19. The molecule has 2 aromatic rings. The number of hydrogen-bond donors (Lipinski definition) is 2. The molecule has 2 amide bonds.